The third-order valence-electron chi connectivity index (χ3n) is 1.97. The molecule has 1 amide bonds. The molecule has 0 aliphatic rings. The van der Waals surface area contributed by atoms with Crippen molar-refractivity contribution in [1.29, 1.82) is 0 Å². The first-order valence-corrected chi connectivity index (χ1v) is 4.93. The molecule has 1 aromatic rings. The SMILES string of the molecule is COC(=O)CNC(=O)c1ccccc1OC(F)F. The van der Waals surface area contributed by atoms with Gasteiger partial charge in [-0.1, -0.05) is 12.1 Å². The Bertz CT molecular complexity index is 437. The van der Waals surface area contributed by atoms with Crippen molar-refractivity contribution in [3.8, 4) is 5.75 Å². The number of esters is 1. The van der Waals surface area contributed by atoms with Crippen LogP contribution in [0.2, 0.25) is 0 Å². The molecule has 0 fully saturated rings. The van der Waals surface area contributed by atoms with Gasteiger partial charge in [-0.25, -0.2) is 0 Å². The number of para-hydroxylation sites is 1. The van der Waals surface area contributed by atoms with Gasteiger partial charge >= 0.3 is 12.6 Å². The van der Waals surface area contributed by atoms with E-state index in [1.54, 1.807) is 0 Å². The van der Waals surface area contributed by atoms with Crippen molar-refractivity contribution < 1.29 is 27.8 Å². The van der Waals surface area contributed by atoms with Crippen LogP contribution in [-0.4, -0.2) is 32.1 Å². The molecule has 0 bridgehead atoms. The molecule has 0 radical (unpaired) electrons. The van der Waals surface area contributed by atoms with Gasteiger partial charge in [0, 0.05) is 0 Å². The first-order valence-electron chi connectivity index (χ1n) is 4.93. The average Bonchev–Trinajstić information content (AvgIpc) is 2.35. The van der Waals surface area contributed by atoms with Gasteiger partial charge in [0.15, 0.2) is 0 Å². The van der Waals surface area contributed by atoms with Crippen molar-refractivity contribution >= 4 is 11.9 Å². The van der Waals surface area contributed by atoms with Crippen molar-refractivity contribution in [3.63, 3.8) is 0 Å². The van der Waals surface area contributed by atoms with Crippen LogP contribution in [-0.2, 0) is 9.53 Å². The van der Waals surface area contributed by atoms with Gasteiger partial charge in [-0.2, -0.15) is 8.78 Å². The van der Waals surface area contributed by atoms with Crippen LogP contribution in [0.3, 0.4) is 0 Å². The number of rotatable bonds is 5. The average molecular weight is 259 g/mol. The number of ether oxygens (including phenoxy) is 2. The minimum absolute atomic E-state index is 0.0818. The van der Waals surface area contributed by atoms with E-state index in [4.69, 9.17) is 0 Å². The zero-order chi connectivity index (χ0) is 13.5. The van der Waals surface area contributed by atoms with E-state index in [1.807, 2.05) is 0 Å². The van der Waals surface area contributed by atoms with Crippen LogP contribution < -0.4 is 10.1 Å². The summed E-state index contributed by atoms with van der Waals surface area (Å²) in [6.07, 6.45) is 0. The van der Waals surface area contributed by atoms with Crippen LogP contribution in [0.15, 0.2) is 24.3 Å². The van der Waals surface area contributed by atoms with Crippen LogP contribution in [0.1, 0.15) is 10.4 Å². The number of nitrogens with one attached hydrogen (secondary N) is 1. The second-order valence-electron chi connectivity index (χ2n) is 3.13. The van der Waals surface area contributed by atoms with Crippen LogP contribution >= 0.6 is 0 Å². The minimum Gasteiger partial charge on any atom is -0.468 e. The molecule has 0 aromatic heterocycles. The van der Waals surface area contributed by atoms with Gasteiger partial charge in [-0.05, 0) is 12.1 Å². The lowest BCUT2D eigenvalue weighted by Gasteiger charge is -2.10. The number of carbonyl (C=O) groups excluding carboxylic acids is 2. The third kappa shape index (κ3) is 4.00. The fraction of sp³-hybridized carbons (Fsp3) is 0.273. The summed E-state index contributed by atoms with van der Waals surface area (Å²) < 4.78 is 32.7. The molecule has 0 heterocycles. The van der Waals surface area contributed by atoms with E-state index in [-0.39, 0.29) is 17.9 Å². The summed E-state index contributed by atoms with van der Waals surface area (Å²) >= 11 is 0. The second kappa shape index (κ2) is 6.53. The number of carbonyl (C=O) groups is 2. The molecule has 0 unspecified atom stereocenters. The van der Waals surface area contributed by atoms with Crippen molar-refractivity contribution in [2.24, 2.45) is 0 Å². The zero-order valence-electron chi connectivity index (χ0n) is 9.48. The highest BCUT2D eigenvalue weighted by Gasteiger charge is 2.15. The summed E-state index contributed by atoms with van der Waals surface area (Å²) in [6, 6.07) is 5.49. The van der Waals surface area contributed by atoms with Gasteiger partial charge in [0.2, 0.25) is 0 Å². The Kier molecular flexibility index (Phi) is 5.04. The van der Waals surface area contributed by atoms with Crippen molar-refractivity contribution in [2.45, 2.75) is 6.61 Å². The van der Waals surface area contributed by atoms with Gasteiger partial charge in [0.25, 0.3) is 5.91 Å². The number of hydrogen-bond acceptors (Lipinski definition) is 4. The number of methoxy groups -OCH3 is 1. The first-order chi connectivity index (χ1) is 8.54. The Balaban J connectivity index is 2.75. The largest absolute Gasteiger partial charge is 0.468 e. The predicted octanol–water partition coefficient (Wildman–Crippen LogP) is 1.19. The molecule has 0 atom stereocenters. The first kappa shape index (κ1) is 13.9. The van der Waals surface area contributed by atoms with E-state index in [2.05, 4.69) is 14.8 Å². The molecule has 1 aromatic carbocycles. The second-order valence-corrected chi connectivity index (χ2v) is 3.13. The monoisotopic (exact) mass is 259 g/mol. The summed E-state index contributed by atoms with van der Waals surface area (Å²) in [5.41, 5.74) is -0.0818. The number of benzene rings is 1. The molecule has 1 rings (SSSR count). The summed E-state index contributed by atoms with van der Waals surface area (Å²) in [5, 5.41) is 2.22. The predicted molar refractivity (Wildman–Crippen MR) is 57.4 cm³/mol. The number of halogens is 2. The Labute approximate surface area is 102 Å². The third-order valence-corrected chi connectivity index (χ3v) is 1.97. The lowest BCUT2D eigenvalue weighted by molar-refractivity contribution is -0.139. The molecule has 0 spiro atoms. The molecule has 7 heteroatoms. The van der Waals surface area contributed by atoms with E-state index in [9.17, 15) is 18.4 Å². The smallest absolute Gasteiger partial charge is 0.387 e. The van der Waals surface area contributed by atoms with Gasteiger partial charge in [-0.3, -0.25) is 9.59 Å². The maximum atomic E-state index is 12.1. The molecule has 0 aliphatic carbocycles. The molecule has 0 saturated carbocycles. The standard InChI is InChI=1S/C11H11F2NO4/c1-17-9(15)6-14-10(16)7-4-2-3-5-8(7)18-11(12)13/h2-5,11H,6H2,1H3,(H,14,16). The summed E-state index contributed by atoms with van der Waals surface area (Å²) in [6.45, 7) is -3.38. The molecule has 0 saturated heterocycles. The topological polar surface area (TPSA) is 64.6 Å². The fourth-order valence-electron chi connectivity index (χ4n) is 1.17. The van der Waals surface area contributed by atoms with E-state index >= 15 is 0 Å². The van der Waals surface area contributed by atoms with Crippen LogP contribution in [0.5, 0.6) is 5.75 Å². The Morgan fingerprint density at radius 2 is 2.00 bits per heavy atom. The summed E-state index contributed by atoms with van der Waals surface area (Å²) in [7, 11) is 1.17. The van der Waals surface area contributed by atoms with Crippen molar-refractivity contribution in [1.82, 2.24) is 5.32 Å². The number of alkyl halides is 2. The molecule has 18 heavy (non-hydrogen) atoms. The highest BCUT2D eigenvalue weighted by atomic mass is 19.3. The van der Waals surface area contributed by atoms with Crippen LogP contribution in [0, 0.1) is 0 Å². The van der Waals surface area contributed by atoms with Crippen molar-refractivity contribution in [2.75, 3.05) is 13.7 Å². The summed E-state index contributed by atoms with van der Waals surface area (Å²) in [4.78, 5) is 22.4. The molecule has 0 aliphatic heterocycles. The Hall–Kier alpha value is -2.18. The summed E-state index contributed by atoms with van der Waals surface area (Å²) in [5.74, 6) is -1.60. The molecular weight excluding hydrogens is 248 g/mol. The maximum Gasteiger partial charge on any atom is 0.387 e. The quantitative estimate of drug-likeness (QED) is 0.807. The highest BCUT2D eigenvalue weighted by Crippen LogP contribution is 2.19. The van der Waals surface area contributed by atoms with Gasteiger partial charge in [0.05, 0.1) is 12.7 Å². The van der Waals surface area contributed by atoms with E-state index in [0.29, 0.717) is 0 Å². The Morgan fingerprint density at radius 3 is 2.61 bits per heavy atom. The normalized spacial score (nSPS) is 10.0. The lowest BCUT2D eigenvalue weighted by atomic mass is 10.2. The highest BCUT2D eigenvalue weighted by molar-refractivity contribution is 5.98. The Morgan fingerprint density at radius 1 is 1.33 bits per heavy atom. The van der Waals surface area contributed by atoms with Crippen LogP contribution in [0.25, 0.3) is 0 Å². The van der Waals surface area contributed by atoms with E-state index in [1.165, 1.54) is 31.4 Å². The van der Waals surface area contributed by atoms with Gasteiger partial charge < -0.3 is 14.8 Å². The van der Waals surface area contributed by atoms with Crippen molar-refractivity contribution in [3.05, 3.63) is 29.8 Å². The van der Waals surface area contributed by atoms with E-state index in [0.717, 1.165) is 0 Å². The molecular formula is C11H11F2NO4. The maximum absolute atomic E-state index is 12.1. The lowest BCUT2D eigenvalue weighted by Crippen LogP contribution is -2.30. The molecule has 1 N–H and O–H groups in total. The van der Waals surface area contributed by atoms with E-state index < -0.39 is 18.5 Å². The zero-order valence-corrected chi connectivity index (χ0v) is 9.48. The van der Waals surface area contributed by atoms with Gasteiger partial charge in [-0.15, -0.1) is 0 Å². The fourth-order valence-corrected chi connectivity index (χ4v) is 1.17. The number of amides is 1. The number of hydrogen-bond donors (Lipinski definition) is 1. The molecule has 5 nitrogen and oxygen atoms in total. The van der Waals surface area contributed by atoms with Gasteiger partial charge in [0.1, 0.15) is 12.3 Å². The van der Waals surface area contributed by atoms with Crippen LogP contribution in [0.4, 0.5) is 8.78 Å². The minimum atomic E-state index is -3.03. The molecule has 98 valence electrons.